The molecule has 0 heteroatoms. The lowest BCUT2D eigenvalue weighted by atomic mass is 10.2. The predicted octanol–water partition coefficient (Wildman–Crippen LogP) is 3.98. The van der Waals surface area contributed by atoms with Gasteiger partial charge in [0.1, 0.15) is 0 Å². The van der Waals surface area contributed by atoms with Gasteiger partial charge in [-0.2, -0.15) is 0 Å². The zero-order valence-electron chi connectivity index (χ0n) is 8.08. The highest BCUT2D eigenvalue weighted by molar-refractivity contribution is 5.11. The van der Waals surface area contributed by atoms with Crippen LogP contribution in [0.4, 0.5) is 0 Å². The highest BCUT2D eigenvalue weighted by Gasteiger charge is 1.83. The number of rotatable bonds is 0. The summed E-state index contributed by atoms with van der Waals surface area (Å²) in [6, 6.07) is 0. The molecule has 0 N–H and O–H groups in total. The third-order valence-corrected chi connectivity index (χ3v) is 1.95. The van der Waals surface area contributed by atoms with Gasteiger partial charge in [0, 0.05) is 0 Å². The lowest BCUT2D eigenvalue weighted by Gasteiger charge is -1.91. The van der Waals surface area contributed by atoms with Crippen LogP contribution in [-0.2, 0) is 0 Å². The monoisotopic (exact) mass is 173 g/mol. The summed E-state index contributed by atoms with van der Waals surface area (Å²) in [5.74, 6) is 0. The maximum Gasteiger partial charge on any atom is -0.0160 e. The molecule has 0 nitrogen and oxygen atoms in total. The van der Waals surface area contributed by atoms with Crippen LogP contribution in [0.15, 0.2) is 42.5 Å². The maximum atomic E-state index is 3.30. The summed E-state index contributed by atoms with van der Waals surface area (Å²) in [7, 11) is 0. The Hall–Kier alpha value is -1.04. The molecule has 0 bridgehead atoms. The standard InChI is InChI=1S/C13H17/c1-2-4-6-8-10-12-13-11-9-7-5-3-1/h1-6,9H,7-8,10,12-13H2/b2-1-,5-3+,6-4+,11-9?. The molecule has 1 aliphatic carbocycles. The van der Waals surface area contributed by atoms with Crippen LogP contribution in [0, 0.1) is 6.08 Å². The average Bonchev–Trinajstić information content (AvgIpc) is 2.18. The highest BCUT2D eigenvalue weighted by Crippen LogP contribution is 2.02. The minimum atomic E-state index is 1.01. The van der Waals surface area contributed by atoms with Gasteiger partial charge in [-0.25, -0.2) is 0 Å². The van der Waals surface area contributed by atoms with Gasteiger partial charge in [-0.3, -0.25) is 0 Å². The lowest BCUT2D eigenvalue weighted by Crippen LogP contribution is -1.72. The van der Waals surface area contributed by atoms with Crippen molar-refractivity contribution in [3.63, 3.8) is 0 Å². The molecule has 1 rings (SSSR count). The molecule has 0 heterocycles. The first kappa shape index (κ1) is 10.0. The van der Waals surface area contributed by atoms with E-state index in [1.807, 2.05) is 0 Å². The minimum Gasteiger partial charge on any atom is -0.0845 e. The molecule has 0 unspecified atom stereocenters. The first-order valence-electron chi connectivity index (χ1n) is 5.03. The van der Waals surface area contributed by atoms with Crippen molar-refractivity contribution in [2.75, 3.05) is 0 Å². The van der Waals surface area contributed by atoms with Gasteiger partial charge in [0.2, 0.25) is 0 Å². The summed E-state index contributed by atoms with van der Waals surface area (Å²) in [5.41, 5.74) is 0. The fraction of sp³-hybridized carbons (Fsp3) is 0.385. The van der Waals surface area contributed by atoms with Gasteiger partial charge in [-0.1, -0.05) is 42.5 Å². The van der Waals surface area contributed by atoms with Gasteiger partial charge >= 0.3 is 0 Å². The zero-order chi connectivity index (χ0) is 9.19. The van der Waals surface area contributed by atoms with E-state index < -0.39 is 0 Å². The number of allylic oxidation sites excluding steroid dienone is 8. The van der Waals surface area contributed by atoms with Gasteiger partial charge < -0.3 is 0 Å². The third-order valence-electron chi connectivity index (χ3n) is 1.95. The lowest BCUT2D eigenvalue weighted by molar-refractivity contribution is 0.753. The second-order valence-electron chi connectivity index (χ2n) is 3.13. The molecule has 0 amide bonds. The summed E-state index contributed by atoms with van der Waals surface area (Å²) in [5, 5.41) is 0. The summed E-state index contributed by atoms with van der Waals surface area (Å²) < 4.78 is 0. The average molecular weight is 173 g/mol. The van der Waals surface area contributed by atoms with Gasteiger partial charge in [0.15, 0.2) is 0 Å². The topological polar surface area (TPSA) is 0 Å². The van der Waals surface area contributed by atoms with Crippen molar-refractivity contribution in [3.8, 4) is 0 Å². The van der Waals surface area contributed by atoms with E-state index >= 15 is 0 Å². The van der Waals surface area contributed by atoms with E-state index in [9.17, 15) is 0 Å². The largest absolute Gasteiger partial charge is 0.0845 e. The molecule has 0 aromatic heterocycles. The van der Waals surface area contributed by atoms with E-state index in [-0.39, 0.29) is 0 Å². The van der Waals surface area contributed by atoms with E-state index in [4.69, 9.17) is 0 Å². The van der Waals surface area contributed by atoms with Crippen LogP contribution < -0.4 is 0 Å². The van der Waals surface area contributed by atoms with Crippen LogP contribution >= 0.6 is 0 Å². The molecule has 0 aliphatic heterocycles. The molecular formula is C13H17. The molecule has 0 saturated heterocycles. The molecule has 1 aliphatic rings. The molecule has 0 fully saturated rings. The van der Waals surface area contributed by atoms with E-state index in [1.54, 1.807) is 0 Å². The first-order valence-corrected chi connectivity index (χ1v) is 5.03. The Morgan fingerprint density at radius 3 is 2.62 bits per heavy atom. The Kier molecular flexibility index (Phi) is 5.87. The molecule has 13 heavy (non-hydrogen) atoms. The van der Waals surface area contributed by atoms with Gasteiger partial charge in [0.25, 0.3) is 0 Å². The summed E-state index contributed by atoms with van der Waals surface area (Å²) in [6.07, 6.45) is 24.0. The van der Waals surface area contributed by atoms with Crippen molar-refractivity contribution in [1.29, 1.82) is 0 Å². The van der Waals surface area contributed by atoms with E-state index in [0.29, 0.717) is 0 Å². The summed E-state index contributed by atoms with van der Waals surface area (Å²) >= 11 is 0. The maximum absolute atomic E-state index is 3.30. The predicted molar refractivity (Wildman–Crippen MR) is 58.3 cm³/mol. The molecule has 0 spiro atoms. The van der Waals surface area contributed by atoms with Crippen molar-refractivity contribution in [2.45, 2.75) is 32.1 Å². The minimum absolute atomic E-state index is 1.01. The van der Waals surface area contributed by atoms with Crippen molar-refractivity contribution in [3.05, 3.63) is 48.6 Å². The Morgan fingerprint density at radius 2 is 1.69 bits per heavy atom. The normalized spacial score (nSPS) is 28.9. The Bertz CT molecular complexity index is 216. The van der Waals surface area contributed by atoms with Gasteiger partial charge in [0.05, 0.1) is 0 Å². The zero-order valence-corrected chi connectivity index (χ0v) is 8.08. The second-order valence-corrected chi connectivity index (χ2v) is 3.13. The van der Waals surface area contributed by atoms with Crippen molar-refractivity contribution >= 4 is 0 Å². The third kappa shape index (κ3) is 6.15. The fourth-order valence-corrected chi connectivity index (χ4v) is 1.20. The molecule has 0 saturated carbocycles. The number of hydrogen-bond donors (Lipinski definition) is 0. The fourth-order valence-electron chi connectivity index (χ4n) is 1.20. The molecule has 69 valence electrons. The highest BCUT2D eigenvalue weighted by atomic mass is 13.9. The van der Waals surface area contributed by atoms with Crippen LogP contribution in [-0.4, -0.2) is 0 Å². The Balaban J connectivity index is 2.38. The van der Waals surface area contributed by atoms with Crippen LogP contribution in [0.2, 0.25) is 0 Å². The smallest absolute Gasteiger partial charge is 0.0160 e. The van der Waals surface area contributed by atoms with Gasteiger partial charge in [-0.15, -0.1) is 0 Å². The molecule has 0 atom stereocenters. The van der Waals surface area contributed by atoms with Crippen molar-refractivity contribution < 1.29 is 0 Å². The Labute approximate surface area is 81.4 Å². The van der Waals surface area contributed by atoms with Gasteiger partial charge in [-0.05, 0) is 38.2 Å². The van der Waals surface area contributed by atoms with E-state index in [0.717, 1.165) is 12.8 Å². The molecule has 0 aromatic rings. The number of hydrogen-bond acceptors (Lipinski definition) is 0. The van der Waals surface area contributed by atoms with Crippen molar-refractivity contribution in [2.24, 2.45) is 0 Å². The Morgan fingerprint density at radius 1 is 0.846 bits per heavy atom. The molecule has 0 aromatic carbocycles. The quantitative estimate of drug-likeness (QED) is 0.520. The van der Waals surface area contributed by atoms with E-state index in [1.165, 1.54) is 19.3 Å². The first-order chi connectivity index (χ1) is 6.50. The van der Waals surface area contributed by atoms with Crippen LogP contribution in [0.25, 0.3) is 0 Å². The van der Waals surface area contributed by atoms with Crippen LogP contribution in [0.5, 0.6) is 0 Å². The van der Waals surface area contributed by atoms with Crippen LogP contribution in [0.3, 0.4) is 0 Å². The second kappa shape index (κ2) is 7.60. The van der Waals surface area contributed by atoms with Crippen molar-refractivity contribution in [1.82, 2.24) is 0 Å². The van der Waals surface area contributed by atoms with E-state index in [2.05, 4.69) is 48.6 Å². The SMILES string of the molecule is [C]1=C/C/C=C/C=C\C=C\CCCC/1. The molecular weight excluding hydrogens is 156 g/mol. The summed E-state index contributed by atoms with van der Waals surface area (Å²) in [4.78, 5) is 0. The molecule has 1 radical (unpaired) electrons. The van der Waals surface area contributed by atoms with Crippen LogP contribution in [0.1, 0.15) is 32.1 Å². The summed E-state index contributed by atoms with van der Waals surface area (Å²) in [6.45, 7) is 0.